The molecule has 1 atom stereocenters. The highest BCUT2D eigenvalue weighted by atomic mass is 16.5. The first-order valence-corrected chi connectivity index (χ1v) is 9.65. The topological polar surface area (TPSA) is 86.9 Å². The quantitative estimate of drug-likeness (QED) is 0.613. The lowest BCUT2D eigenvalue weighted by Gasteiger charge is -2.22. The molecule has 0 spiro atoms. The van der Waals surface area contributed by atoms with Crippen molar-refractivity contribution in [2.24, 2.45) is 0 Å². The zero-order valence-electron chi connectivity index (χ0n) is 17.1. The van der Waals surface area contributed by atoms with Crippen molar-refractivity contribution in [3.05, 3.63) is 53.9 Å². The van der Waals surface area contributed by atoms with Crippen LogP contribution in [0.1, 0.15) is 35.1 Å². The number of rotatable bonds is 6. The van der Waals surface area contributed by atoms with Gasteiger partial charge in [0.25, 0.3) is 5.91 Å². The Morgan fingerprint density at radius 2 is 1.80 bits per heavy atom. The first-order valence-electron chi connectivity index (χ1n) is 9.65. The lowest BCUT2D eigenvalue weighted by Crippen LogP contribution is -2.30. The third kappa shape index (κ3) is 3.68. The van der Waals surface area contributed by atoms with Crippen molar-refractivity contribution in [1.29, 1.82) is 0 Å². The highest BCUT2D eigenvalue weighted by Crippen LogP contribution is 2.35. The van der Waals surface area contributed by atoms with Crippen LogP contribution in [0.2, 0.25) is 0 Å². The fourth-order valence-electron chi connectivity index (χ4n) is 3.63. The molecule has 4 rings (SSSR count). The van der Waals surface area contributed by atoms with Gasteiger partial charge in [0.15, 0.2) is 11.5 Å². The largest absolute Gasteiger partial charge is 0.497 e. The second-order valence-corrected chi connectivity index (χ2v) is 6.91. The summed E-state index contributed by atoms with van der Waals surface area (Å²) in [6.45, 7) is 0.642. The fourth-order valence-corrected chi connectivity index (χ4v) is 3.63. The Morgan fingerprint density at radius 3 is 2.50 bits per heavy atom. The zero-order chi connectivity index (χ0) is 21.1. The molecule has 8 heteroatoms. The molecule has 1 aliphatic rings. The predicted molar refractivity (Wildman–Crippen MR) is 109 cm³/mol. The van der Waals surface area contributed by atoms with Crippen molar-refractivity contribution < 1.29 is 23.5 Å². The van der Waals surface area contributed by atoms with E-state index < -0.39 is 0 Å². The van der Waals surface area contributed by atoms with Crippen molar-refractivity contribution in [2.75, 3.05) is 27.9 Å². The van der Waals surface area contributed by atoms with E-state index in [9.17, 15) is 4.79 Å². The molecule has 2 aromatic carbocycles. The predicted octanol–water partition coefficient (Wildman–Crippen LogP) is 3.74. The summed E-state index contributed by atoms with van der Waals surface area (Å²) in [5.41, 5.74) is 1.34. The molecule has 0 bridgehead atoms. The maximum Gasteiger partial charge on any atom is 0.254 e. The van der Waals surface area contributed by atoms with Gasteiger partial charge in [-0.15, -0.1) is 0 Å². The molecule has 0 saturated carbocycles. The third-order valence-corrected chi connectivity index (χ3v) is 5.22. The Labute approximate surface area is 174 Å². The molecule has 1 amide bonds. The number of amides is 1. The number of hydrogen-bond donors (Lipinski definition) is 0. The van der Waals surface area contributed by atoms with Crippen LogP contribution in [0, 0.1) is 0 Å². The fraction of sp³-hybridized carbons (Fsp3) is 0.318. The molecule has 0 aliphatic carbocycles. The molecule has 30 heavy (non-hydrogen) atoms. The molecule has 1 aliphatic heterocycles. The summed E-state index contributed by atoms with van der Waals surface area (Å²) < 4.78 is 21.3. The van der Waals surface area contributed by atoms with E-state index in [0.29, 0.717) is 41.1 Å². The number of ether oxygens (including phenoxy) is 3. The van der Waals surface area contributed by atoms with Crippen LogP contribution in [-0.2, 0) is 0 Å². The summed E-state index contributed by atoms with van der Waals surface area (Å²) in [5, 5.41) is 4.11. The van der Waals surface area contributed by atoms with Crippen molar-refractivity contribution in [3.63, 3.8) is 0 Å². The zero-order valence-corrected chi connectivity index (χ0v) is 17.1. The molecule has 8 nitrogen and oxygen atoms in total. The Balaban J connectivity index is 1.57. The maximum atomic E-state index is 13.0. The summed E-state index contributed by atoms with van der Waals surface area (Å²) >= 11 is 0. The van der Waals surface area contributed by atoms with Crippen LogP contribution in [0.15, 0.2) is 47.0 Å². The van der Waals surface area contributed by atoms with Crippen LogP contribution >= 0.6 is 0 Å². The average Bonchev–Trinajstić information content (AvgIpc) is 3.47. The van der Waals surface area contributed by atoms with Gasteiger partial charge in [-0.25, -0.2) is 0 Å². The SMILES string of the molecule is COc1ccc(C(=O)N2CCC[C@H]2c2nc(-c3ccc(OC)c(OC)c3)no2)cc1. The standard InChI is InChI=1S/C22H23N3O5/c1-27-16-9-6-14(7-10-16)22(26)25-12-4-5-17(25)21-23-20(24-30-21)15-8-11-18(28-2)19(13-15)29-3/h6-11,13,17H,4-5,12H2,1-3H3/t17-/m0/s1. The van der Waals surface area contributed by atoms with Gasteiger partial charge in [-0.1, -0.05) is 5.16 Å². The lowest BCUT2D eigenvalue weighted by atomic mass is 10.1. The smallest absolute Gasteiger partial charge is 0.254 e. The monoisotopic (exact) mass is 409 g/mol. The number of benzene rings is 2. The lowest BCUT2D eigenvalue weighted by molar-refractivity contribution is 0.0710. The van der Waals surface area contributed by atoms with Crippen LogP contribution in [0.3, 0.4) is 0 Å². The number of nitrogens with zero attached hydrogens (tertiary/aromatic N) is 3. The summed E-state index contributed by atoms with van der Waals surface area (Å²) in [4.78, 5) is 19.4. The van der Waals surface area contributed by atoms with E-state index in [-0.39, 0.29) is 11.9 Å². The van der Waals surface area contributed by atoms with E-state index in [0.717, 1.165) is 18.4 Å². The second-order valence-electron chi connectivity index (χ2n) is 6.91. The van der Waals surface area contributed by atoms with Gasteiger partial charge in [0, 0.05) is 17.7 Å². The third-order valence-electron chi connectivity index (χ3n) is 5.22. The first-order chi connectivity index (χ1) is 14.6. The van der Waals surface area contributed by atoms with Gasteiger partial charge >= 0.3 is 0 Å². The van der Waals surface area contributed by atoms with Gasteiger partial charge in [-0.3, -0.25) is 4.79 Å². The molecular formula is C22H23N3O5. The molecule has 3 aromatic rings. The Hall–Kier alpha value is -3.55. The molecule has 1 saturated heterocycles. The van der Waals surface area contributed by atoms with Crippen molar-refractivity contribution in [2.45, 2.75) is 18.9 Å². The highest BCUT2D eigenvalue weighted by molar-refractivity contribution is 5.94. The van der Waals surface area contributed by atoms with E-state index >= 15 is 0 Å². The summed E-state index contributed by atoms with van der Waals surface area (Å²) in [6, 6.07) is 12.3. The highest BCUT2D eigenvalue weighted by Gasteiger charge is 2.34. The summed E-state index contributed by atoms with van der Waals surface area (Å²) in [5.74, 6) is 2.72. The van der Waals surface area contributed by atoms with E-state index in [2.05, 4.69) is 10.1 Å². The first kappa shape index (κ1) is 19.8. The minimum Gasteiger partial charge on any atom is -0.497 e. The van der Waals surface area contributed by atoms with E-state index in [4.69, 9.17) is 18.7 Å². The van der Waals surface area contributed by atoms with Crippen LogP contribution < -0.4 is 14.2 Å². The molecule has 156 valence electrons. The summed E-state index contributed by atoms with van der Waals surface area (Å²) in [7, 11) is 4.75. The van der Waals surface area contributed by atoms with Gasteiger partial charge in [-0.2, -0.15) is 4.98 Å². The Kier molecular flexibility index (Phi) is 5.56. The minimum atomic E-state index is -0.249. The number of carbonyl (C=O) groups is 1. The second kappa shape index (κ2) is 8.44. The van der Waals surface area contributed by atoms with Crippen molar-refractivity contribution >= 4 is 5.91 Å². The van der Waals surface area contributed by atoms with Gasteiger partial charge in [-0.05, 0) is 55.3 Å². The van der Waals surface area contributed by atoms with Crippen LogP contribution in [0.5, 0.6) is 17.2 Å². The van der Waals surface area contributed by atoms with Crippen LogP contribution in [0.25, 0.3) is 11.4 Å². The molecule has 1 aromatic heterocycles. The van der Waals surface area contributed by atoms with Gasteiger partial charge in [0.1, 0.15) is 11.8 Å². The van der Waals surface area contributed by atoms with Crippen LogP contribution in [0.4, 0.5) is 0 Å². The normalized spacial score (nSPS) is 15.8. The molecule has 0 unspecified atom stereocenters. The van der Waals surface area contributed by atoms with Gasteiger partial charge in [0.05, 0.1) is 21.3 Å². The molecule has 0 radical (unpaired) electrons. The number of hydrogen-bond acceptors (Lipinski definition) is 7. The van der Waals surface area contributed by atoms with E-state index in [1.54, 1.807) is 62.6 Å². The maximum absolute atomic E-state index is 13.0. The number of likely N-dealkylation sites (tertiary alicyclic amines) is 1. The average molecular weight is 409 g/mol. The number of aromatic nitrogens is 2. The molecular weight excluding hydrogens is 386 g/mol. The van der Waals surface area contributed by atoms with E-state index in [1.165, 1.54) is 0 Å². The summed E-state index contributed by atoms with van der Waals surface area (Å²) in [6.07, 6.45) is 1.65. The van der Waals surface area contributed by atoms with Gasteiger partial charge in [0.2, 0.25) is 11.7 Å². The molecule has 2 heterocycles. The van der Waals surface area contributed by atoms with E-state index in [1.807, 2.05) is 6.07 Å². The number of methoxy groups -OCH3 is 3. The van der Waals surface area contributed by atoms with Crippen LogP contribution in [-0.4, -0.2) is 48.8 Å². The Bertz CT molecular complexity index is 1030. The van der Waals surface area contributed by atoms with Crippen molar-refractivity contribution in [1.82, 2.24) is 15.0 Å². The van der Waals surface area contributed by atoms with Gasteiger partial charge < -0.3 is 23.6 Å². The molecule has 1 fully saturated rings. The molecule has 0 N–H and O–H groups in total. The van der Waals surface area contributed by atoms with Crippen molar-refractivity contribution in [3.8, 4) is 28.6 Å². The number of carbonyl (C=O) groups excluding carboxylic acids is 1. The Morgan fingerprint density at radius 1 is 1.03 bits per heavy atom. The minimum absolute atomic E-state index is 0.0639.